The van der Waals surface area contributed by atoms with Crippen LogP contribution in [0.25, 0.3) is 0 Å². The van der Waals surface area contributed by atoms with Gasteiger partial charge in [0.25, 0.3) is 5.91 Å². The Morgan fingerprint density at radius 3 is 3.16 bits per heavy atom. The molecule has 1 aliphatic heterocycles. The molecule has 134 valence electrons. The number of aliphatic hydroxyl groups is 1. The normalized spacial score (nSPS) is 23.5. The Hall–Kier alpha value is -1.66. The highest BCUT2D eigenvalue weighted by molar-refractivity contribution is 7.10. The number of aromatic nitrogens is 2. The van der Waals surface area contributed by atoms with Crippen LogP contribution in [-0.2, 0) is 19.4 Å². The van der Waals surface area contributed by atoms with Crippen LogP contribution in [0.2, 0.25) is 0 Å². The largest absolute Gasteiger partial charge is 0.390 e. The van der Waals surface area contributed by atoms with Crippen LogP contribution in [0.4, 0.5) is 0 Å². The van der Waals surface area contributed by atoms with Crippen molar-refractivity contribution in [1.82, 2.24) is 15.1 Å². The lowest BCUT2D eigenvalue weighted by Crippen LogP contribution is -2.39. The molecular formula is C19H25N3O2S. The summed E-state index contributed by atoms with van der Waals surface area (Å²) in [7, 11) is 0. The predicted molar refractivity (Wildman–Crippen MR) is 97.9 cm³/mol. The number of likely N-dealkylation sites (tertiary alicyclic amines) is 1. The van der Waals surface area contributed by atoms with Gasteiger partial charge in [-0.15, -0.1) is 11.3 Å². The van der Waals surface area contributed by atoms with Gasteiger partial charge in [-0.2, -0.15) is 5.10 Å². The smallest absolute Gasteiger partial charge is 0.255 e. The van der Waals surface area contributed by atoms with E-state index in [1.165, 1.54) is 16.9 Å². The number of piperidine rings is 1. The fraction of sp³-hybridized carbons (Fsp3) is 0.579. The molecule has 25 heavy (non-hydrogen) atoms. The van der Waals surface area contributed by atoms with Crippen LogP contribution in [-0.4, -0.2) is 39.2 Å². The molecular weight excluding hydrogens is 334 g/mol. The molecule has 0 radical (unpaired) electrons. The molecule has 2 unspecified atom stereocenters. The topological polar surface area (TPSA) is 69.2 Å². The number of nitrogens with zero attached hydrogens (tertiary/aromatic N) is 2. The summed E-state index contributed by atoms with van der Waals surface area (Å²) in [6.45, 7) is 3.81. The van der Waals surface area contributed by atoms with Gasteiger partial charge in [-0.25, -0.2) is 0 Å². The van der Waals surface area contributed by atoms with Crippen molar-refractivity contribution in [2.45, 2.75) is 51.6 Å². The standard InChI is InChI=1S/C19H25N3O2S/c1-12-4-5-15-16(11-25-18(15)7-12)19(24)22-6-2-3-13(9-22)17-8-14(10-23)20-21-17/h8,11-13,23H,2-7,9-10H2,1H3,(H,20,21). The van der Waals surface area contributed by atoms with E-state index in [1.807, 2.05) is 11.0 Å². The van der Waals surface area contributed by atoms with Crippen LogP contribution in [0.3, 0.4) is 0 Å². The lowest BCUT2D eigenvalue weighted by atomic mass is 9.88. The summed E-state index contributed by atoms with van der Waals surface area (Å²) in [4.78, 5) is 16.5. The van der Waals surface area contributed by atoms with Crippen molar-refractivity contribution in [1.29, 1.82) is 0 Å². The highest BCUT2D eigenvalue weighted by Gasteiger charge is 2.30. The Kier molecular flexibility index (Phi) is 4.65. The molecule has 4 rings (SSSR count). The van der Waals surface area contributed by atoms with Gasteiger partial charge in [0.1, 0.15) is 0 Å². The molecule has 0 spiro atoms. The van der Waals surface area contributed by atoms with E-state index < -0.39 is 0 Å². The van der Waals surface area contributed by atoms with E-state index in [0.717, 1.165) is 61.6 Å². The van der Waals surface area contributed by atoms with Crippen molar-refractivity contribution in [2.24, 2.45) is 5.92 Å². The Balaban J connectivity index is 1.50. The van der Waals surface area contributed by atoms with Crippen molar-refractivity contribution >= 4 is 17.2 Å². The molecule has 1 saturated heterocycles. The van der Waals surface area contributed by atoms with Gasteiger partial charge in [-0.1, -0.05) is 6.92 Å². The van der Waals surface area contributed by atoms with Gasteiger partial charge in [-0.05, 0) is 49.7 Å². The molecule has 2 aromatic heterocycles. The van der Waals surface area contributed by atoms with E-state index >= 15 is 0 Å². The first-order valence-electron chi connectivity index (χ1n) is 9.19. The number of carbonyl (C=O) groups is 1. The molecule has 2 atom stereocenters. The minimum atomic E-state index is -0.0260. The van der Waals surface area contributed by atoms with Gasteiger partial charge < -0.3 is 10.0 Å². The van der Waals surface area contributed by atoms with Crippen molar-refractivity contribution in [3.8, 4) is 0 Å². The Bertz CT molecular complexity index is 767. The van der Waals surface area contributed by atoms with E-state index in [4.69, 9.17) is 0 Å². The third-order valence-electron chi connectivity index (χ3n) is 5.58. The Morgan fingerprint density at radius 1 is 1.48 bits per heavy atom. The lowest BCUT2D eigenvalue weighted by molar-refractivity contribution is 0.0705. The number of carbonyl (C=O) groups excluding carboxylic acids is 1. The third-order valence-corrected chi connectivity index (χ3v) is 6.63. The number of fused-ring (bicyclic) bond motifs is 1. The number of aromatic amines is 1. The summed E-state index contributed by atoms with van der Waals surface area (Å²) in [5, 5.41) is 18.5. The zero-order valence-electron chi connectivity index (χ0n) is 14.6. The SMILES string of the molecule is CC1CCc2c(C(=O)N3CCCC(c4cc(CO)[nH]n4)C3)csc2C1. The molecule has 2 aliphatic rings. The summed E-state index contributed by atoms with van der Waals surface area (Å²) in [6, 6.07) is 1.92. The molecule has 2 aromatic rings. The van der Waals surface area contributed by atoms with E-state index in [-0.39, 0.29) is 18.4 Å². The van der Waals surface area contributed by atoms with Gasteiger partial charge in [0.15, 0.2) is 0 Å². The van der Waals surface area contributed by atoms with E-state index in [0.29, 0.717) is 0 Å². The minimum Gasteiger partial charge on any atom is -0.390 e. The molecule has 1 aliphatic carbocycles. The molecule has 0 aromatic carbocycles. The quantitative estimate of drug-likeness (QED) is 0.885. The summed E-state index contributed by atoms with van der Waals surface area (Å²) < 4.78 is 0. The highest BCUT2D eigenvalue weighted by atomic mass is 32.1. The summed E-state index contributed by atoms with van der Waals surface area (Å²) in [5.41, 5.74) is 3.94. The van der Waals surface area contributed by atoms with Crippen molar-refractivity contribution in [2.75, 3.05) is 13.1 Å². The Labute approximate surface area is 152 Å². The number of aliphatic hydroxyl groups excluding tert-OH is 1. The van der Waals surface area contributed by atoms with E-state index in [2.05, 4.69) is 22.5 Å². The van der Waals surface area contributed by atoms with Crippen LogP contribution in [0.5, 0.6) is 0 Å². The van der Waals surface area contributed by atoms with Crippen molar-refractivity contribution < 1.29 is 9.90 Å². The maximum Gasteiger partial charge on any atom is 0.255 e. The highest BCUT2D eigenvalue weighted by Crippen LogP contribution is 2.34. The van der Waals surface area contributed by atoms with Crippen LogP contribution < -0.4 is 0 Å². The van der Waals surface area contributed by atoms with Gasteiger partial charge in [0, 0.05) is 29.3 Å². The molecule has 6 heteroatoms. The predicted octanol–water partition coefficient (Wildman–Crippen LogP) is 3.11. The van der Waals surface area contributed by atoms with Crippen LogP contribution in [0, 0.1) is 5.92 Å². The first-order chi connectivity index (χ1) is 12.2. The fourth-order valence-electron chi connectivity index (χ4n) is 4.10. The molecule has 3 heterocycles. The van der Waals surface area contributed by atoms with Crippen LogP contribution in [0.1, 0.15) is 64.3 Å². The van der Waals surface area contributed by atoms with Gasteiger partial charge in [-0.3, -0.25) is 9.89 Å². The molecule has 5 nitrogen and oxygen atoms in total. The van der Waals surface area contributed by atoms with Gasteiger partial charge in [0.2, 0.25) is 0 Å². The molecule has 1 fully saturated rings. The minimum absolute atomic E-state index is 0.0260. The monoisotopic (exact) mass is 359 g/mol. The number of hydrogen-bond acceptors (Lipinski definition) is 4. The maximum absolute atomic E-state index is 13.1. The Morgan fingerprint density at radius 2 is 2.36 bits per heavy atom. The fourth-order valence-corrected chi connectivity index (χ4v) is 5.34. The average molecular weight is 359 g/mol. The number of H-pyrrole nitrogens is 1. The van der Waals surface area contributed by atoms with E-state index in [9.17, 15) is 9.90 Å². The van der Waals surface area contributed by atoms with Crippen molar-refractivity contribution in [3.63, 3.8) is 0 Å². The second-order valence-electron chi connectivity index (χ2n) is 7.47. The van der Waals surface area contributed by atoms with Gasteiger partial charge >= 0.3 is 0 Å². The molecule has 0 bridgehead atoms. The first kappa shape index (κ1) is 16.8. The molecule has 0 saturated carbocycles. The zero-order chi connectivity index (χ0) is 17.4. The summed E-state index contributed by atoms with van der Waals surface area (Å²) in [5.74, 6) is 1.17. The number of amides is 1. The zero-order valence-corrected chi connectivity index (χ0v) is 15.4. The molecule has 1 amide bonds. The molecule has 2 N–H and O–H groups in total. The van der Waals surface area contributed by atoms with Crippen LogP contribution >= 0.6 is 11.3 Å². The van der Waals surface area contributed by atoms with Gasteiger partial charge in [0.05, 0.1) is 23.6 Å². The summed E-state index contributed by atoms with van der Waals surface area (Å²) >= 11 is 1.76. The lowest BCUT2D eigenvalue weighted by Gasteiger charge is -2.32. The second kappa shape index (κ2) is 6.92. The third kappa shape index (κ3) is 3.25. The van der Waals surface area contributed by atoms with E-state index in [1.54, 1.807) is 11.3 Å². The number of hydrogen-bond donors (Lipinski definition) is 2. The first-order valence-corrected chi connectivity index (χ1v) is 10.1. The second-order valence-corrected chi connectivity index (χ2v) is 8.43. The summed E-state index contributed by atoms with van der Waals surface area (Å²) in [6.07, 6.45) is 5.38. The number of thiophene rings is 1. The average Bonchev–Trinajstić information content (AvgIpc) is 3.27. The number of nitrogens with one attached hydrogen (secondary N) is 1. The van der Waals surface area contributed by atoms with Crippen LogP contribution in [0.15, 0.2) is 11.4 Å². The maximum atomic E-state index is 13.1. The van der Waals surface area contributed by atoms with Crippen molar-refractivity contribution in [3.05, 3.63) is 38.8 Å². The number of rotatable bonds is 3.